The molecule has 0 radical (unpaired) electrons. The van der Waals surface area contributed by atoms with Crippen molar-refractivity contribution in [1.29, 1.82) is 0 Å². The summed E-state index contributed by atoms with van der Waals surface area (Å²) >= 11 is 0. The molecule has 0 heterocycles. The highest BCUT2D eigenvalue weighted by molar-refractivity contribution is 6.39. The Labute approximate surface area is 180 Å². The van der Waals surface area contributed by atoms with E-state index in [4.69, 9.17) is 9.47 Å². The number of rotatable bonds is 7. The molecule has 0 atom stereocenters. The van der Waals surface area contributed by atoms with Gasteiger partial charge in [0.15, 0.2) is 0 Å². The Hall–Kier alpha value is -4.13. The molecule has 0 fully saturated rings. The largest absolute Gasteiger partial charge is 0.497 e. The summed E-state index contributed by atoms with van der Waals surface area (Å²) in [5.41, 5.74) is 5.72. The van der Waals surface area contributed by atoms with Crippen molar-refractivity contribution in [3.05, 3.63) is 89.5 Å². The average Bonchev–Trinajstić information content (AvgIpc) is 2.80. The van der Waals surface area contributed by atoms with E-state index in [1.165, 1.54) is 11.8 Å². The summed E-state index contributed by atoms with van der Waals surface area (Å²) in [4.78, 5) is 23.8. The minimum atomic E-state index is -0.870. The van der Waals surface area contributed by atoms with Gasteiger partial charge in [0.25, 0.3) is 0 Å². The van der Waals surface area contributed by atoms with Crippen molar-refractivity contribution in [1.82, 2.24) is 5.43 Å². The van der Waals surface area contributed by atoms with Crippen molar-refractivity contribution >= 4 is 23.7 Å². The number of carbonyl (C=O) groups excluding carboxylic acids is 2. The SMILES string of the molecule is COc1ccc(NC(=O)C(=O)N/N=C\c2ccc(OCc3ccc(C)cc3)cc2)cc1. The molecule has 31 heavy (non-hydrogen) atoms. The third-order valence-corrected chi connectivity index (χ3v) is 4.34. The van der Waals surface area contributed by atoms with Crippen LogP contribution in [0.3, 0.4) is 0 Å². The summed E-state index contributed by atoms with van der Waals surface area (Å²) in [6, 6.07) is 22.0. The number of ether oxygens (including phenoxy) is 2. The van der Waals surface area contributed by atoms with Gasteiger partial charge in [0, 0.05) is 5.69 Å². The van der Waals surface area contributed by atoms with E-state index < -0.39 is 11.8 Å². The van der Waals surface area contributed by atoms with E-state index in [1.807, 2.05) is 43.3 Å². The van der Waals surface area contributed by atoms with Crippen LogP contribution in [-0.2, 0) is 16.2 Å². The summed E-state index contributed by atoms with van der Waals surface area (Å²) in [5, 5.41) is 6.30. The van der Waals surface area contributed by atoms with E-state index in [1.54, 1.807) is 43.5 Å². The number of hydrazone groups is 1. The fraction of sp³-hybridized carbons (Fsp3) is 0.125. The number of carbonyl (C=O) groups is 2. The number of hydrogen-bond acceptors (Lipinski definition) is 5. The predicted octanol–water partition coefficient (Wildman–Crippen LogP) is 3.67. The van der Waals surface area contributed by atoms with Gasteiger partial charge in [0.05, 0.1) is 13.3 Å². The van der Waals surface area contributed by atoms with Crippen LogP contribution in [-0.4, -0.2) is 25.1 Å². The monoisotopic (exact) mass is 417 g/mol. The molecule has 7 heteroatoms. The van der Waals surface area contributed by atoms with Crippen LogP contribution in [0.15, 0.2) is 77.9 Å². The Morgan fingerprint density at radius 1 is 0.871 bits per heavy atom. The lowest BCUT2D eigenvalue weighted by Crippen LogP contribution is -2.32. The number of anilines is 1. The van der Waals surface area contributed by atoms with Crippen molar-refractivity contribution in [2.24, 2.45) is 5.10 Å². The van der Waals surface area contributed by atoms with Gasteiger partial charge in [-0.2, -0.15) is 5.10 Å². The number of amides is 2. The first-order valence-corrected chi connectivity index (χ1v) is 9.60. The zero-order valence-corrected chi connectivity index (χ0v) is 17.3. The molecular weight excluding hydrogens is 394 g/mol. The third kappa shape index (κ3) is 6.71. The second-order valence-electron chi connectivity index (χ2n) is 6.73. The number of hydrogen-bond donors (Lipinski definition) is 2. The molecule has 0 saturated carbocycles. The molecule has 0 aliphatic rings. The first kappa shape index (κ1) is 21.6. The molecule has 3 aromatic carbocycles. The molecule has 3 rings (SSSR count). The summed E-state index contributed by atoms with van der Waals surface area (Å²) < 4.78 is 10.8. The van der Waals surface area contributed by atoms with E-state index >= 15 is 0 Å². The van der Waals surface area contributed by atoms with Gasteiger partial charge in [-0.3, -0.25) is 9.59 Å². The Kier molecular flexibility index (Phi) is 7.37. The van der Waals surface area contributed by atoms with E-state index in [0.29, 0.717) is 18.0 Å². The number of aryl methyl sites for hydroxylation is 1. The van der Waals surface area contributed by atoms with E-state index in [9.17, 15) is 9.59 Å². The highest BCUT2D eigenvalue weighted by atomic mass is 16.5. The van der Waals surface area contributed by atoms with Crippen molar-refractivity contribution < 1.29 is 19.1 Å². The number of benzene rings is 3. The first-order valence-electron chi connectivity index (χ1n) is 9.60. The van der Waals surface area contributed by atoms with Crippen LogP contribution in [0.4, 0.5) is 5.69 Å². The van der Waals surface area contributed by atoms with Crippen LogP contribution in [0.2, 0.25) is 0 Å². The topological polar surface area (TPSA) is 89.0 Å². The molecule has 0 aliphatic carbocycles. The summed E-state index contributed by atoms with van der Waals surface area (Å²) in [6.07, 6.45) is 1.45. The standard InChI is InChI=1S/C24H23N3O4/c1-17-3-5-19(6-4-17)16-31-22-11-7-18(8-12-22)15-25-27-24(29)23(28)26-20-9-13-21(30-2)14-10-20/h3-15H,16H2,1-2H3,(H,26,28)(H,27,29)/b25-15-. The van der Waals surface area contributed by atoms with Gasteiger partial charge < -0.3 is 14.8 Å². The van der Waals surface area contributed by atoms with E-state index in [0.717, 1.165) is 16.9 Å². The smallest absolute Gasteiger partial charge is 0.329 e. The zero-order valence-electron chi connectivity index (χ0n) is 17.3. The molecular formula is C24H23N3O4. The van der Waals surface area contributed by atoms with Crippen LogP contribution in [0.5, 0.6) is 11.5 Å². The van der Waals surface area contributed by atoms with Gasteiger partial charge in [-0.1, -0.05) is 29.8 Å². The maximum Gasteiger partial charge on any atom is 0.329 e. The third-order valence-electron chi connectivity index (χ3n) is 4.34. The van der Waals surface area contributed by atoms with Crippen molar-refractivity contribution in [2.45, 2.75) is 13.5 Å². The van der Waals surface area contributed by atoms with E-state index in [-0.39, 0.29) is 0 Å². The zero-order chi connectivity index (χ0) is 22.1. The fourth-order valence-electron chi connectivity index (χ4n) is 2.58. The van der Waals surface area contributed by atoms with Gasteiger partial charge in [0.1, 0.15) is 18.1 Å². The number of nitrogens with one attached hydrogen (secondary N) is 2. The molecule has 0 saturated heterocycles. The molecule has 0 aliphatic heterocycles. The van der Waals surface area contributed by atoms with Crippen LogP contribution in [0.1, 0.15) is 16.7 Å². The predicted molar refractivity (Wildman–Crippen MR) is 119 cm³/mol. The lowest BCUT2D eigenvalue weighted by atomic mass is 10.2. The second kappa shape index (κ2) is 10.6. The fourth-order valence-corrected chi connectivity index (χ4v) is 2.58. The van der Waals surface area contributed by atoms with Crippen LogP contribution < -0.4 is 20.2 Å². The maximum atomic E-state index is 11.9. The van der Waals surface area contributed by atoms with Gasteiger partial charge in [-0.15, -0.1) is 0 Å². The first-order chi connectivity index (χ1) is 15.0. The second-order valence-corrected chi connectivity index (χ2v) is 6.73. The lowest BCUT2D eigenvalue weighted by Gasteiger charge is -2.07. The molecule has 158 valence electrons. The minimum absolute atomic E-state index is 0.478. The van der Waals surface area contributed by atoms with Crippen LogP contribution in [0.25, 0.3) is 0 Å². The van der Waals surface area contributed by atoms with Gasteiger partial charge >= 0.3 is 11.8 Å². The normalized spacial score (nSPS) is 10.5. The molecule has 0 bridgehead atoms. The summed E-state index contributed by atoms with van der Waals surface area (Å²) in [7, 11) is 1.55. The quantitative estimate of drug-likeness (QED) is 0.349. The van der Waals surface area contributed by atoms with Gasteiger partial charge in [-0.25, -0.2) is 5.43 Å². The maximum absolute atomic E-state index is 11.9. The van der Waals surface area contributed by atoms with Crippen molar-refractivity contribution in [2.75, 3.05) is 12.4 Å². The van der Waals surface area contributed by atoms with E-state index in [2.05, 4.69) is 15.8 Å². The molecule has 2 amide bonds. The summed E-state index contributed by atoms with van der Waals surface area (Å²) in [6.45, 7) is 2.52. The molecule has 0 spiro atoms. The number of methoxy groups -OCH3 is 1. The van der Waals surface area contributed by atoms with Crippen LogP contribution >= 0.6 is 0 Å². The molecule has 0 aromatic heterocycles. The van der Waals surface area contributed by atoms with Gasteiger partial charge in [0.2, 0.25) is 0 Å². The molecule has 7 nitrogen and oxygen atoms in total. The molecule has 3 aromatic rings. The van der Waals surface area contributed by atoms with Crippen LogP contribution in [0, 0.1) is 6.92 Å². The van der Waals surface area contributed by atoms with Gasteiger partial charge in [-0.05, 0) is 66.6 Å². The Morgan fingerprint density at radius 3 is 2.16 bits per heavy atom. The Bertz CT molecular complexity index is 1040. The lowest BCUT2D eigenvalue weighted by molar-refractivity contribution is -0.136. The van der Waals surface area contributed by atoms with Crippen molar-refractivity contribution in [3.63, 3.8) is 0 Å². The average molecular weight is 417 g/mol. The summed E-state index contributed by atoms with van der Waals surface area (Å²) in [5.74, 6) is -0.313. The number of nitrogens with zero attached hydrogens (tertiary/aromatic N) is 1. The highest BCUT2D eigenvalue weighted by Gasteiger charge is 2.12. The van der Waals surface area contributed by atoms with Crippen molar-refractivity contribution in [3.8, 4) is 11.5 Å². The highest BCUT2D eigenvalue weighted by Crippen LogP contribution is 2.15. The minimum Gasteiger partial charge on any atom is -0.497 e. The Balaban J connectivity index is 1.45. The Morgan fingerprint density at radius 2 is 1.52 bits per heavy atom. The molecule has 2 N–H and O–H groups in total. The molecule has 0 unspecified atom stereocenters.